The molecule has 0 saturated carbocycles. The maximum Gasteiger partial charge on any atom is 0.129 e. The molecule has 2 atom stereocenters. The third-order valence-corrected chi connectivity index (χ3v) is 3.95. The molecule has 3 rings (SSSR count). The molecule has 2 unspecified atom stereocenters. The van der Waals surface area contributed by atoms with Gasteiger partial charge in [0.2, 0.25) is 0 Å². The summed E-state index contributed by atoms with van der Waals surface area (Å²) in [6.07, 6.45) is 0.944. The van der Waals surface area contributed by atoms with Crippen molar-refractivity contribution in [2.75, 3.05) is 13.2 Å². The molecule has 2 aliphatic rings. The van der Waals surface area contributed by atoms with E-state index in [-0.39, 0.29) is 5.82 Å². The molecule has 1 saturated heterocycles. The first-order valence-electron chi connectivity index (χ1n) is 6.38. The van der Waals surface area contributed by atoms with E-state index < -0.39 is 0 Å². The molecule has 1 N–H and O–H groups in total. The van der Waals surface area contributed by atoms with E-state index >= 15 is 0 Å². The largest absolute Gasteiger partial charge is 0.381 e. The van der Waals surface area contributed by atoms with Crippen LogP contribution in [-0.4, -0.2) is 30.0 Å². The van der Waals surface area contributed by atoms with Gasteiger partial charge in [-0.1, -0.05) is 13.0 Å². The molecule has 0 bridgehead atoms. The number of fused-ring (bicyclic) bond motifs is 1. The van der Waals surface area contributed by atoms with Gasteiger partial charge in [-0.3, -0.25) is 5.41 Å². The Balaban J connectivity index is 1.87. The number of nitrogens with one attached hydrogen (secondary N) is 1. The fourth-order valence-electron chi connectivity index (χ4n) is 2.94. The Hall–Kier alpha value is -1.42. The van der Waals surface area contributed by atoms with Crippen LogP contribution in [0.2, 0.25) is 0 Å². The van der Waals surface area contributed by atoms with E-state index in [1.165, 1.54) is 12.1 Å². The van der Waals surface area contributed by atoms with E-state index in [1.807, 2.05) is 0 Å². The third kappa shape index (κ3) is 1.81. The van der Waals surface area contributed by atoms with Crippen molar-refractivity contribution < 1.29 is 9.13 Å². The van der Waals surface area contributed by atoms with E-state index in [1.54, 1.807) is 6.07 Å². The van der Waals surface area contributed by atoms with Gasteiger partial charge in [0.05, 0.1) is 6.61 Å². The molecular weight excluding hydrogens is 231 g/mol. The summed E-state index contributed by atoms with van der Waals surface area (Å²) >= 11 is 0. The number of hydrogen-bond donors (Lipinski definition) is 1. The van der Waals surface area contributed by atoms with Crippen LogP contribution in [0.25, 0.3) is 0 Å². The fraction of sp³-hybridized carbons (Fsp3) is 0.500. The number of rotatable bonds is 1. The van der Waals surface area contributed by atoms with Crippen molar-refractivity contribution in [1.82, 2.24) is 4.90 Å². The molecule has 0 radical (unpaired) electrons. The van der Waals surface area contributed by atoms with Gasteiger partial charge in [-0.15, -0.1) is 0 Å². The molecule has 1 fully saturated rings. The van der Waals surface area contributed by atoms with Crippen molar-refractivity contribution in [3.63, 3.8) is 0 Å². The van der Waals surface area contributed by atoms with E-state index in [0.29, 0.717) is 17.8 Å². The zero-order valence-corrected chi connectivity index (χ0v) is 10.4. The van der Waals surface area contributed by atoms with Crippen LogP contribution in [0.3, 0.4) is 0 Å². The summed E-state index contributed by atoms with van der Waals surface area (Å²) in [5, 5.41) is 8.23. The Labute approximate surface area is 106 Å². The van der Waals surface area contributed by atoms with E-state index in [2.05, 4.69) is 11.8 Å². The quantitative estimate of drug-likeness (QED) is 0.828. The molecule has 1 aromatic rings. The highest BCUT2D eigenvalue weighted by Gasteiger charge is 2.34. The maximum absolute atomic E-state index is 13.2. The lowest BCUT2D eigenvalue weighted by Crippen LogP contribution is -2.44. The second kappa shape index (κ2) is 4.35. The topological polar surface area (TPSA) is 36.3 Å². The predicted octanol–water partition coefficient (Wildman–Crippen LogP) is 2.39. The average Bonchev–Trinajstić information content (AvgIpc) is 2.68. The first-order valence-corrected chi connectivity index (χ1v) is 6.38. The molecule has 3 nitrogen and oxygen atoms in total. The smallest absolute Gasteiger partial charge is 0.129 e. The molecule has 0 amide bonds. The Kier molecular flexibility index (Phi) is 2.82. The molecule has 0 aromatic heterocycles. The van der Waals surface area contributed by atoms with Gasteiger partial charge >= 0.3 is 0 Å². The van der Waals surface area contributed by atoms with Crippen LogP contribution in [0.1, 0.15) is 24.5 Å². The SMILES string of the molecule is CC1COCCC1N1Cc2ccc(F)cc2C1=N. The van der Waals surface area contributed by atoms with Gasteiger partial charge < -0.3 is 9.64 Å². The van der Waals surface area contributed by atoms with E-state index in [9.17, 15) is 4.39 Å². The highest BCUT2D eigenvalue weighted by molar-refractivity contribution is 6.00. The molecular formula is C14H17FN2O. The van der Waals surface area contributed by atoms with Crippen LogP contribution >= 0.6 is 0 Å². The van der Waals surface area contributed by atoms with Gasteiger partial charge in [0, 0.05) is 24.8 Å². The van der Waals surface area contributed by atoms with Crippen molar-refractivity contribution in [2.24, 2.45) is 5.92 Å². The third-order valence-electron chi connectivity index (χ3n) is 3.95. The number of hydrogen-bond acceptors (Lipinski definition) is 2. The van der Waals surface area contributed by atoms with Gasteiger partial charge in [-0.2, -0.15) is 0 Å². The van der Waals surface area contributed by atoms with Crippen LogP contribution in [0.5, 0.6) is 0 Å². The summed E-state index contributed by atoms with van der Waals surface area (Å²) < 4.78 is 18.7. The molecule has 4 heteroatoms. The van der Waals surface area contributed by atoms with Gasteiger partial charge in [0.15, 0.2) is 0 Å². The van der Waals surface area contributed by atoms with Crippen LogP contribution in [0.15, 0.2) is 18.2 Å². The molecule has 18 heavy (non-hydrogen) atoms. The average molecular weight is 248 g/mol. The zero-order valence-electron chi connectivity index (χ0n) is 10.4. The van der Waals surface area contributed by atoms with Crippen LogP contribution in [-0.2, 0) is 11.3 Å². The highest BCUT2D eigenvalue weighted by atomic mass is 19.1. The summed E-state index contributed by atoms with van der Waals surface area (Å²) in [5.74, 6) is 0.613. The van der Waals surface area contributed by atoms with Crippen LogP contribution in [0, 0.1) is 17.1 Å². The van der Waals surface area contributed by atoms with Crippen molar-refractivity contribution in [1.29, 1.82) is 5.41 Å². The lowest BCUT2D eigenvalue weighted by atomic mass is 9.96. The number of halogens is 1. The first-order chi connectivity index (χ1) is 8.66. The predicted molar refractivity (Wildman–Crippen MR) is 67.2 cm³/mol. The highest BCUT2D eigenvalue weighted by Crippen LogP contribution is 2.30. The van der Waals surface area contributed by atoms with E-state index in [4.69, 9.17) is 10.1 Å². The summed E-state index contributed by atoms with van der Waals surface area (Å²) in [6, 6.07) is 5.08. The monoisotopic (exact) mass is 248 g/mol. The summed E-state index contributed by atoms with van der Waals surface area (Å²) in [7, 11) is 0. The Morgan fingerprint density at radius 2 is 2.28 bits per heavy atom. The molecule has 2 aliphatic heterocycles. The van der Waals surface area contributed by atoms with Crippen LogP contribution < -0.4 is 0 Å². The Morgan fingerprint density at radius 3 is 3.06 bits per heavy atom. The zero-order chi connectivity index (χ0) is 12.7. The summed E-state index contributed by atoms with van der Waals surface area (Å²) in [5.41, 5.74) is 1.80. The standard InChI is InChI=1S/C14H17FN2O/c1-9-8-18-5-4-13(9)17-7-10-2-3-11(15)6-12(10)14(17)16/h2-3,6,9,13,16H,4-5,7-8H2,1H3. The van der Waals surface area contributed by atoms with Crippen molar-refractivity contribution >= 4 is 5.84 Å². The molecule has 0 aliphatic carbocycles. The van der Waals surface area contributed by atoms with Crippen molar-refractivity contribution in [3.05, 3.63) is 35.1 Å². The van der Waals surface area contributed by atoms with Gasteiger partial charge in [0.1, 0.15) is 11.7 Å². The van der Waals surface area contributed by atoms with E-state index in [0.717, 1.165) is 37.3 Å². The minimum atomic E-state index is -0.264. The lowest BCUT2D eigenvalue weighted by molar-refractivity contribution is 0.0138. The van der Waals surface area contributed by atoms with Gasteiger partial charge in [0.25, 0.3) is 0 Å². The number of ether oxygens (including phenoxy) is 1. The minimum absolute atomic E-state index is 0.264. The maximum atomic E-state index is 13.2. The van der Waals surface area contributed by atoms with Gasteiger partial charge in [-0.05, 0) is 30.0 Å². The second-order valence-electron chi connectivity index (χ2n) is 5.19. The molecule has 0 spiro atoms. The Bertz CT molecular complexity index is 489. The number of nitrogens with zero attached hydrogens (tertiary/aromatic N) is 1. The fourth-order valence-corrected chi connectivity index (χ4v) is 2.94. The Morgan fingerprint density at radius 1 is 1.44 bits per heavy atom. The second-order valence-corrected chi connectivity index (χ2v) is 5.19. The molecule has 2 heterocycles. The first kappa shape index (κ1) is 11.7. The van der Waals surface area contributed by atoms with Crippen molar-refractivity contribution in [2.45, 2.75) is 25.9 Å². The minimum Gasteiger partial charge on any atom is -0.381 e. The van der Waals surface area contributed by atoms with Gasteiger partial charge in [-0.25, -0.2) is 4.39 Å². The normalized spacial score (nSPS) is 27.4. The summed E-state index contributed by atoms with van der Waals surface area (Å²) in [4.78, 5) is 2.09. The molecule has 96 valence electrons. The lowest BCUT2D eigenvalue weighted by Gasteiger charge is -2.37. The van der Waals surface area contributed by atoms with Crippen LogP contribution in [0.4, 0.5) is 4.39 Å². The number of benzene rings is 1. The van der Waals surface area contributed by atoms with Crippen molar-refractivity contribution in [3.8, 4) is 0 Å². The molecule has 1 aromatic carbocycles. The summed E-state index contributed by atoms with van der Waals surface area (Å²) in [6.45, 7) is 4.38. The number of amidine groups is 1.